The summed E-state index contributed by atoms with van der Waals surface area (Å²) in [4.78, 5) is 18.0. The van der Waals surface area contributed by atoms with Gasteiger partial charge in [-0.1, -0.05) is 26.0 Å². The molecule has 0 bridgehead atoms. The van der Waals surface area contributed by atoms with Crippen molar-refractivity contribution in [2.24, 2.45) is 0 Å². The smallest absolute Gasteiger partial charge is 0.354 e. The summed E-state index contributed by atoms with van der Waals surface area (Å²) < 4.78 is 5.41. The highest BCUT2D eigenvalue weighted by atomic mass is 16.5. The molecule has 0 spiro atoms. The van der Waals surface area contributed by atoms with Crippen molar-refractivity contribution in [1.82, 2.24) is 15.2 Å². The van der Waals surface area contributed by atoms with Gasteiger partial charge in [0.05, 0.1) is 18.6 Å². The van der Waals surface area contributed by atoms with E-state index in [0.29, 0.717) is 5.65 Å². The van der Waals surface area contributed by atoms with Gasteiger partial charge in [-0.2, -0.15) is 5.10 Å². The number of benzene rings is 1. The Kier molecular flexibility index (Phi) is 4.53. The first-order chi connectivity index (χ1) is 13.0. The third-order valence-electron chi connectivity index (χ3n) is 4.90. The van der Waals surface area contributed by atoms with Crippen LogP contribution in [0.25, 0.3) is 22.2 Å². The number of carbonyl (C=O) groups is 1. The zero-order valence-corrected chi connectivity index (χ0v) is 15.4. The van der Waals surface area contributed by atoms with E-state index >= 15 is 0 Å². The number of rotatable bonds is 4. The number of ether oxygens (including phenoxy) is 1. The minimum absolute atomic E-state index is 0.00318. The lowest BCUT2D eigenvalue weighted by Gasteiger charge is -2.29. The lowest BCUT2D eigenvalue weighted by Crippen LogP contribution is -2.36. The predicted molar refractivity (Wildman–Crippen MR) is 103 cm³/mol. The first kappa shape index (κ1) is 17.5. The van der Waals surface area contributed by atoms with Crippen molar-refractivity contribution in [3.8, 4) is 11.1 Å². The van der Waals surface area contributed by atoms with Crippen LogP contribution in [0.15, 0.2) is 30.3 Å². The molecular formula is C20H22N4O3. The molecule has 0 radical (unpaired) electrons. The Morgan fingerprint density at radius 3 is 2.56 bits per heavy atom. The van der Waals surface area contributed by atoms with Gasteiger partial charge in [0, 0.05) is 24.5 Å². The van der Waals surface area contributed by atoms with E-state index in [1.807, 2.05) is 12.1 Å². The third-order valence-corrected chi connectivity index (χ3v) is 4.90. The van der Waals surface area contributed by atoms with E-state index in [0.717, 1.165) is 54.2 Å². The number of hydrogen-bond acceptors (Lipinski definition) is 5. The van der Waals surface area contributed by atoms with Crippen LogP contribution in [0.1, 0.15) is 35.9 Å². The van der Waals surface area contributed by atoms with Crippen molar-refractivity contribution >= 4 is 22.7 Å². The largest absolute Gasteiger partial charge is 0.477 e. The Bertz CT molecular complexity index is 973. The molecule has 0 saturated carbocycles. The Balaban J connectivity index is 1.81. The number of H-pyrrole nitrogens is 1. The van der Waals surface area contributed by atoms with E-state index in [4.69, 9.17) is 4.74 Å². The topological polar surface area (TPSA) is 91.3 Å². The number of carboxylic acids is 1. The van der Waals surface area contributed by atoms with Gasteiger partial charge < -0.3 is 14.7 Å². The summed E-state index contributed by atoms with van der Waals surface area (Å²) in [7, 11) is 0. The Hall–Kier alpha value is -2.93. The molecule has 0 atom stereocenters. The fraction of sp³-hybridized carbons (Fsp3) is 0.350. The van der Waals surface area contributed by atoms with E-state index in [1.165, 1.54) is 0 Å². The molecule has 3 aromatic rings. The summed E-state index contributed by atoms with van der Waals surface area (Å²) in [5.41, 5.74) is 4.32. The van der Waals surface area contributed by atoms with E-state index < -0.39 is 5.97 Å². The van der Waals surface area contributed by atoms with Crippen molar-refractivity contribution < 1.29 is 14.6 Å². The normalized spacial score (nSPS) is 14.9. The number of fused-ring (bicyclic) bond motifs is 1. The lowest BCUT2D eigenvalue weighted by molar-refractivity contribution is 0.0691. The van der Waals surface area contributed by atoms with Crippen molar-refractivity contribution in [3.63, 3.8) is 0 Å². The van der Waals surface area contributed by atoms with Crippen LogP contribution in [0.4, 0.5) is 5.69 Å². The maximum absolute atomic E-state index is 11.5. The van der Waals surface area contributed by atoms with Crippen molar-refractivity contribution in [3.05, 3.63) is 41.7 Å². The van der Waals surface area contributed by atoms with Crippen LogP contribution in [0.3, 0.4) is 0 Å². The molecule has 1 fully saturated rings. The van der Waals surface area contributed by atoms with Crippen LogP contribution < -0.4 is 4.90 Å². The number of nitrogens with one attached hydrogen (secondary N) is 1. The highest BCUT2D eigenvalue weighted by Gasteiger charge is 2.19. The number of nitrogens with zero attached hydrogens (tertiary/aromatic N) is 3. The van der Waals surface area contributed by atoms with Gasteiger partial charge in [0.15, 0.2) is 11.3 Å². The Morgan fingerprint density at radius 2 is 1.93 bits per heavy atom. The molecule has 1 aromatic carbocycles. The molecule has 1 saturated heterocycles. The van der Waals surface area contributed by atoms with Crippen LogP contribution in [0.5, 0.6) is 0 Å². The molecule has 2 N–H and O–H groups in total. The second-order valence-corrected chi connectivity index (χ2v) is 7.00. The first-order valence-electron chi connectivity index (χ1n) is 9.10. The molecule has 0 aliphatic carbocycles. The minimum Gasteiger partial charge on any atom is -0.477 e. The van der Waals surface area contributed by atoms with Crippen molar-refractivity contribution in [2.75, 3.05) is 31.2 Å². The molecule has 4 rings (SSSR count). The molecule has 0 unspecified atom stereocenters. The molecule has 140 valence electrons. The van der Waals surface area contributed by atoms with Crippen LogP contribution in [-0.2, 0) is 4.74 Å². The number of aromatic amines is 1. The summed E-state index contributed by atoms with van der Waals surface area (Å²) in [5, 5.41) is 17.6. The number of aromatic nitrogens is 3. The summed E-state index contributed by atoms with van der Waals surface area (Å²) in [6.07, 6.45) is 0. The highest BCUT2D eigenvalue weighted by Crippen LogP contribution is 2.34. The monoisotopic (exact) mass is 366 g/mol. The van der Waals surface area contributed by atoms with Crippen LogP contribution >= 0.6 is 0 Å². The molecule has 27 heavy (non-hydrogen) atoms. The maximum atomic E-state index is 11.5. The standard InChI is InChI=1S/C20H22N4O3/c1-12(2)18-17-15(11-16(20(25)26)21-19(17)23-22-18)13-3-5-14(6-4-13)24-7-9-27-10-8-24/h3-6,11-12H,7-10H2,1-2H3,(H,25,26)(H,21,22,23). The second kappa shape index (κ2) is 7.00. The number of morpholine rings is 1. The number of pyridine rings is 1. The molecule has 2 aromatic heterocycles. The van der Waals surface area contributed by atoms with Gasteiger partial charge in [-0.25, -0.2) is 9.78 Å². The number of anilines is 1. The minimum atomic E-state index is -1.06. The van der Waals surface area contributed by atoms with E-state index in [1.54, 1.807) is 6.07 Å². The molecule has 7 heteroatoms. The number of aromatic carboxylic acids is 1. The third kappa shape index (κ3) is 3.26. The van der Waals surface area contributed by atoms with Gasteiger partial charge in [-0.05, 0) is 35.2 Å². The average Bonchev–Trinajstić information content (AvgIpc) is 3.12. The van der Waals surface area contributed by atoms with Gasteiger partial charge in [0.25, 0.3) is 0 Å². The molecule has 7 nitrogen and oxygen atoms in total. The first-order valence-corrected chi connectivity index (χ1v) is 9.10. The van der Waals surface area contributed by atoms with Crippen LogP contribution in [0, 0.1) is 0 Å². The molecule has 0 amide bonds. The van der Waals surface area contributed by atoms with Crippen molar-refractivity contribution in [1.29, 1.82) is 0 Å². The molecule has 1 aliphatic rings. The summed E-state index contributed by atoms with van der Waals surface area (Å²) in [6.45, 7) is 7.37. The van der Waals surface area contributed by atoms with Gasteiger partial charge >= 0.3 is 5.97 Å². The van der Waals surface area contributed by atoms with Gasteiger partial charge in [-0.3, -0.25) is 5.10 Å². The summed E-state index contributed by atoms with van der Waals surface area (Å²) >= 11 is 0. The number of carboxylic acid groups (broad SMARTS) is 1. The van der Waals surface area contributed by atoms with Gasteiger partial charge in [0.2, 0.25) is 0 Å². The van der Waals surface area contributed by atoms with Gasteiger partial charge in [-0.15, -0.1) is 0 Å². The quantitative estimate of drug-likeness (QED) is 0.736. The second-order valence-electron chi connectivity index (χ2n) is 7.00. The molecule has 1 aliphatic heterocycles. The van der Waals surface area contributed by atoms with Gasteiger partial charge in [0.1, 0.15) is 0 Å². The molecule has 3 heterocycles. The van der Waals surface area contributed by atoms with E-state index in [-0.39, 0.29) is 11.6 Å². The average molecular weight is 366 g/mol. The van der Waals surface area contributed by atoms with E-state index in [2.05, 4.69) is 46.1 Å². The van der Waals surface area contributed by atoms with Crippen LogP contribution in [0.2, 0.25) is 0 Å². The van der Waals surface area contributed by atoms with E-state index in [9.17, 15) is 9.90 Å². The fourth-order valence-electron chi connectivity index (χ4n) is 3.48. The SMILES string of the molecule is CC(C)c1[nH]nc2nc(C(=O)O)cc(-c3ccc(N4CCOCC4)cc3)c12. The zero-order chi connectivity index (χ0) is 19.0. The lowest BCUT2D eigenvalue weighted by atomic mass is 9.97. The van der Waals surface area contributed by atoms with Crippen LogP contribution in [-0.4, -0.2) is 52.6 Å². The summed E-state index contributed by atoms with van der Waals surface area (Å²) in [6, 6.07) is 9.84. The highest BCUT2D eigenvalue weighted by molar-refractivity contribution is 5.99. The molecular weight excluding hydrogens is 344 g/mol. The zero-order valence-electron chi connectivity index (χ0n) is 15.4. The maximum Gasteiger partial charge on any atom is 0.354 e. The number of hydrogen-bond donors (Lipinski definition) is 2. The fourth-order valence-corrected chi connectivity index (χ4v) is 3.48. The Labute approximate surface area is 157 Å². The van der Waals surface area contributed by atoms with Crippen molar-refractivity contribution in [2.45, 2.75) is 19.8 Å². The predicted octanol–water partition coefficient (Wildman–Crippen LogP) is 3.28. The Morgan fingerprint density at radius 1 is 1.22 bits per heavy atom. The summed E-state index contributed by atoms with van der Waals surface area (Å²) in [5.74, 6) is -0.837.